The van der Waals surface area contributed by atoms with Crippen molar-refractivity contribution >= 4 is 11.6 Å². The van der Waals surface area contributed by atoms with Crippen molar-refractivity contribution in [2.24, 2.45) is 5.92 Å². The minimum Gasteiger partial charge on any atom is -0.314 e. The van der Waals surface area contributed by atoms with E-state index in [4.69, 9.17) is 11.6 Å². The second-order valence-corrected chi connectivity index (χ2v) is 5.64. The Hall–Kier alpha value is -0.600. The standard InChI is InChI=1S/C15H23ClFN/c1-4-7-18-13(8-11(2)3)9-12-5-6-14(16)15(17)10-12/h5-6,10-11,13,18H,4,7-9H2,1-3H3. The molecule has 1 rings (SSSR count). The number of nitrogens with one attached hydrogen (secondary N) is 1. The van der Waals surface area contributed by atoms with E-state index in [9.17, 15) is 4.39 Å². The lowest BCUT2D eigenvalue weighted by Gasteiger charge is -2.20. The lowest BCUT2D eigenvalue weighted by atomic mass is 9.97. The van der Waals surface area contributed by atoms with Crippen LogP contribution < -0.4 is 5.32 Å². The van der Waals surface area contributed by atoms with Crippen LogP contribution in [-0.2, 0) is 6.42 Å². The minimum absolute atomic E-state index is 0.195. The maximum Gasteiger partial charge on any atom is 0.142 e. The fraction of sp³-hybridized carbons (Fsp3) is 0.600. The van der Waals surface area contributed by atoms with Gasteiger partial charge in [-0.1, -0.05) is 38.4 Å². The van der Waals surface area contributed by atoms with Crippen LogP contribution in [0.5, 0.6) is 0 Å². The van der Waals surface area contributed by atoms with E-state index in [0.717, 1.165) is 31.4 Å². The van der Waals surface area contributed by atoms with Gasteiger partial charge in [0.25, 0.3) is 0 Å². The fourth-order valence-electron chi connectivity index (χ4n) is 2.11. The highest BCUT2D eigenvalue weighted by Crippen LogP contribution is 2.18. The zero-order valence-electron chi connectivity index (χ0n) is 11.5. The monoisotopic (exact) mass is 271 g/mol. The maximum absolute atomic E-state index is 13.4. The molecule has 18 heavy (non-hydrogen) atoms. The highest BCUT2D eigenvalue weighted by Gasteiger charge is 2.12. The molecule has 1 atom stereocenters. The molecule has 0 bridgehead atoms. The first kappa shape index (κ1) is 15.5. The van der Waals surface area contributed by atoms with E-state index in [1.165, 1.54) is 0 Å². The van der Waals surface area contributed by atoms with Gasteiger partial charge in [-0.15, -0.1) is 0 Å². The topological polar surface area (TPSA) is 12.0 Å². The zero-order valence-corrected chi connectivity index (χ0v) is 12.2. The van der Waals surface area contributed by atoms with Gasteiger partial charge >= 0.3 is 0 Å². The average Bonchev–Trinajstić information content (AvgIpc) is 2.30. The second-order valence-electron chi connectivity index (χ2n) is 5.23. The van der Waals surface area contributed by atoms with Crippen LogP contribution in [0.25, 0.3) is 0 Å². The molecular weight excluding hydrogens is 249 g/mol. The lowest BCUT2D eigenvalue weighted by molar-refractivity contribution is 0.416. The third kappa shape index (κ3) is 5.36. The van der Waals surface area contributed by atoms with Crippen LogP contribution in [-0.4, -0.2) is 12.6 Å². The summed E-state index contributed by atoms with van der Waals surface area (Å²) >= 11 is 5.69. The van der Waals surface area contributed by atoms with E-state index in [0.29, 0.717) is 12.0 Å². The quantitative estimate of drug-likeness (QED) is 0.773. The van der Waals surface area contributed by atoms with Gasteiger partial charge in [0, 0.05) is 6.04 Å². The summed E-state index contributed by atoms with van der Waals surface area (Å²) in [6, 6.07) is 5.50. The van der Waals surface area contributed by atoms with Crippen LogP contribution in [0.3, 0.4) is 0 Å². The normalized spacial score (nSPS) is 13.0. The summed E-state index contributed by atoms with van der Waals surface area (Å²) in [5, 5.41) is 3.72. The Morgan fingerprint density at radius 2 is 2.06 bits per heavy atom. The highest BCUT2D eigenvalue weighted by molar-refractivity contribution is 6.30. The summed E-state index contributed by atoms with van der Waals surface area (Å²) in [6.07, 6.45) is 3.07. The fourth-order valence-corrected chi connectivity index (χ4v) is 2.23. The third-order valence-electron chi connectivity index (χ3n) is 2.91. The first-order valence-corrected chi connectivity index (χ1v) is 7.08. The van der Waals surface area contributed by atoms with Gasteiger partial charge < -0.3 is 5.32 Å². The number of benzene rings is 1. The molecule has 0 saturated carbocycles. The summed E-state index contributed by atoms with van der Waals surface area (Å²) in [6.45, 7) is 7.58. The largest absolute Gasteiger partial charge is 0.314 e. The molecule has 1 aromatic rings. The molecule has 0 saturated heterocycles. The molecule has 3 heteroatoms. The zero-order chi connectivity index (χ0) is 13.5. The van der Waals surface area contributed by atoms with E-state index in [1.807, 2.05) is 6.07 Å². The number of hydrogen-bond acceptors (Lipinski definition) is 1. The van der Waals surface area contributed by atoms with Crippen LogP contribution >= 0.6 is 11.6 Å². The van der Waals surface area contributed by atoms with Gasteiger partial charge in [-0.2, -0.15) is 0 Å². The molecule has 1 aromatic carbocycles. The van der Waals surface area contributed by atoms with Crippen molar-refractivity contribution in [2.75, 3.05) is 6.54 Å². The molecule has 0 amide bonds. The van der Waals surface area contributed by atoms with Crippen molar-refractivity contribution in [3.8, 4) is 0 Å². The van der Waals surface area contributed by atoms with Gasteiger partial charge in [0.15, 0.2) is 0 Å². The molecule has 0 aromatic heterocycles. The smallest absolute Gasteiger partial charge is 0.142 e. The molecule has 102 valence electrons. The molecule has 1 unspecified atom stereocenters. The Bertz CT molecular complexity index is 366. The van der Waals surface area contributed by atoms with E-state index in [2.05, 4.69) is 26.1 Å². The van der Waals surface area contributed by atoms with E-state index >= 15 is 0 Å². The van der Waals surface area contributed by atoms with Crippen LogP contribution in [0.15, 0.2) is 18.2 Å². The van der Waals surface area contributed by atoms with Gasteiger partial charge in [0.2, 0.25) is 0 Å². The van der Waals surface area contributed by atoms with Crippen molar-refractivity contribution < 1.29 is 4.39 Å². The lowest BCUT2D eigenvalue weighted by Crippen LogP contribution is -2.33. The average molecular weight is 272 g/mol. The van der Waals surface area contributed by atoms with Crippen LogP contribution in [0.4, 0.5) is 4.39 Å². The predicted molar refractivity (Wildman–Crippen MR) is 76.7 cm³/mol. The molecule has 0 heterocycles. The summed E-state index contributed by atoms with van der Waals surface area (Å²) in [5.41, 5.74) is 1.01. The minimum atomic E-state index is -0.326. The van der Waals surface area contributed by atoms with E-state index in [-0.39, 0.29) is 10.8 Å². The summed E-state index contributed by atoms with van der Waals surface area (Å²) in [7, 11) is 0. The van der Waals surface area contributed by atoms with Gasteiger partial charge in [0.1, 0.15) is 5.82 Å². The molecule has 1 N–H and O–H groups in total. The van der Waals surface area contributed by atoms with Gasteiger partial charge in [-0.3, -0.25) is 0 Å². The van der Waals surface area contributed by atoms with Gasteiger partial charge in [0.05, 0.1) is 5.02 Å². The van der Waals surface area contributed by atoms with Crippen LogP contribution in [0.1, 0.15) is 39.2 Å². The Kier molecular flexibility index (Phi) is 6.66. The molecule has 0 aliphatic heterocycles. The summed E-state index contributed by atoms with van der Waals surface area (Å²) < 4.78 is 13.4. The molecule has 1 nitrogen and oxygen atoms in total. The van der Waals surface area contributed by atoms with Gasteiger partial charge in [-0.25, -0.2) is 4.39 Å². The molecule has 0 radical (unpaired) electrons. The summed E-state index contributed by atoms with van der Waals surface area (Å²) in [4.78, 5) is 0. The Morgan fingerprint density at radius 3 is 2.61 bits per heavy atom. The highest BCUT2D eigenvalue weighted by atomic mass is 35.5. The van der Waals surface area contributed by atoms with E-state index < -0.39 is 0 Å². The number of rotatable bonds is 7. The molecule has 0 fully saturated rings. The predicted octanol–water partition coefficient (Wildman–Crippen LogP) is 4.44. The molecule has 0 aliphatic rings. The number of hydrogen-bond donors (Lipinski definition) is 1. The Balaban J connectivity index is 2.65. The third-order valence-corrected chi connectivity index (χ3v) is 3.21. The van der Waals surface area contributed by atoms with Crippen molar-refractivity contribution in [2.45, 2.75) is 46.1 Å². The molecule has 0 spiro atoms. The van der Waals surface area contributed by atoms with Crippen molar-refractivity contribution in [1.82, 2.24) is 5.32 Å². The first-order valence-electron chi connectivity index (χ1n) is 6.70. The molecule has 0 aliphatic carbocycles. The van der Waals surface area contributed by atoms with Gasteiger partial charge in [-0.05, 0) is 49.4 Å². The Morgan fingerprint density at radius 1 is 1.33 bits per heavy atom. The SMILES string of the molecule is CCCNC(Cc1ccc(Cl)c(F)c1)CC(C)C. The maximum atomic E-state index is 13.4. The first-order chi connectivity index (χ1) is 8.52. The van der Waals surface area contributed by atoms with Crippen molar-refractivity contribution in [3.05, 3.63) is 34.6 Å². The Labute approximate surface area is 115 Å². The van der Waals surface area contributed by atoms with E-state index in [1.54, 1.807) is 12.1 Å². The second kappa shape index (κ2) is 7.75. The number of halogens is 2. The molecular formula is C15H23ClFN. The van der Waals surface area contributed by atoms with Crippen molar-refractivity contribution in [3.63, 3.8) is 0 Å². The van der Waals surface area contributed by atoms with Crippen LogP contribution in [0.2, 0.25) is 5.02 Å². The summed E-state index contributed by atoms with van der Waals surface area (Å²) in [5.74, 6) is 0.310. The van der Waals surface area contributed by atoms with Crippen LogP contribution in [0, 0.1) is 11.7 Å². The van der Waals surface area contributed by atoms with Crippen molar-refractivity contribution in [1.29, 1.82) is 0 Å².